The Morgan fingerprint density at radius 1 is 0.679 bits per heavy atom. The van der Waals surface area contributed by atoms with Crippen LogP contribution in [0.3, 0.4) is 0 Å². The van der Waals surface area contributed by atoms with E-state index in [1.165, 1.54) is 38.5 Å². The zero-order valence-electron chi connectivity index (χ0n) is 33.0. The van der Waals surface area contributed by atoms with E-state index >= 15 is 0 Å². The quantitative estimate of drug-likeness (QED) is 0.0208. The monoisotopic (exact) mass is 772 g/mol. The summed E-state index contributed by atoms with van der Waals surface area (Å²) < 4.78 is 32.5. The smallest absolute Gasteiger partial charge is 0.462 e. The van der Waals surface area contributed by atoms with Gasteiger partial charge >= 0.3 is 19.8 Å². The van der Waals surface area contributed by atoms with Crippen molar-refractivity contribution in [2.75, 3.05) is 26.4 Å². The lowest BCUT2D eigenvalue weighted by atomic mass is 9.99. The van der Waals surface area contributed by atoms with Gasteiger partial charge in [-0.2, -0.15) is 0 Å². The van der Waals surface area contributed by atoms with Crippen LogP contribution >= 0.6 is 7.82 Å². The van der Waals surface area contributed by atoms with Crippen molar-refractivity contribution in [1.29, 1.82) is 0 Å². The maximum absolute atomic E-state index is 12.6. The Morgan fingerprint density at radius 3 is 1.87 bits per heavy atom. The molecule has 53 heavy (non-hydrogen) atoms. The Labute approximate surface area is 320 Å². The van der Waals surface area contributed by atoms with Crippen LogP contribution in [-0.2, 0) is 32.7 Å². The molecule has 0 spiro atoms. The van der Waals surface area contributed by atoms with Crippen LogP contribution in [0.1, 0.15) is 149 Å². The van der Waals surface area contributed by atoms with Crippen LogP contribution in [-0.4, -0.2) is 76.9 Å². The first-order chi connectivity index (χ1) is 25.5. The fourth-order valence-corrected chi connectivity index (χ4v) is 5.83. The SMILES string of the molecule is CCCC[C@@H](O)/C=C\C/C=C\C/C=C\C/C=C\CCCC(=O)O[C@H](COC(=O)CCCCCCCCCCC(C)CC)COP(=O)(O)OC[C@@H](O)CO. The minimum absolute atomic E-state index is 0.0906. The van der Waals surface area contributed by atoms with E-state index in [0.29, 0.717) is 19.3 Å². The minimum atomic E-state index is -4.64. The van der Waals surface area contributed by atoms with Crippen molar-refractivity contribution in [2.45, 2.75) is 167 Å². The van der Waals surface area contributed by atoms with E-state index in [0.717, 1.165) is 63.7 Å². The highest BCUT2D eigenvalue weighted by Crippen LogP contribution is 2.43. The molecule has 308 valence electrons. The van der Waals surface area contributed by atoms with Gasteiger partial charge in [0.15, 0.2) is 6.10 Å². The molecular weight excluding hydrogens is 699 g/mol. The lowest BCUT2D eigenvalue weighted by Crippen LogP contribution is -2.29. The third-order valence-corrected chi connectivity index (χ3v) is 9.55. The predicted octanol–water partition coefficient (Wildman–Crippen LogP) is 8.99. The highest BCUT2D eigenvalue weighted by atomic mass is 31.2. The van der Waals surface area contributed by atoms with Crippen molar-refractivity contribution < 1.29 is 52.9 Å². The van der Waals surface area contributed by atoms with E-state index in [-0.39, 0.29) is 25.6 Å². The molecule has 0 saturated heterocycles. The third-order valence-electron chi connectivity index (χ3n) is 8.60. The number of allylic oxidation sites excluding steroid dienone is 7. The zero-order valence-corrected chi connectivity index (χ0v) is 33.9. The van der Waals surface area contributed by atoms with Crippen LogP contribution in [0.4, 0.5) is 0 Å². The molecule has 0 aromatic rings. The Balaban J connectivity index is 4.50. The Kier molecular flexibility index (Phi) is 34.2. The molecule has 0 bridgehead atoms. The van der Waals surface area contributed by atoms with Gasteiger partial charge in [-0.3, -0.25) is 18.6 Å². The number of aliphatic hydroxyl groups is 3. The normalized spacial score (nSPS) is 15.7. The van der Waals surface area contributed by atoms with Crippen molar-refractivity contribution in [3.8, 4) is 0 Å². The first-order valence-electron chi connectivity index (χ1n) is 20.1. The molecule has 0 rings (SSSR count). The fraction of sp³-hybridized carbons (Fsp3) is 0.756. The first-order valence-corrected chi connectivity index (χ1v) is 21.6. The number of aliphatic hydroxyl groups excluding tert-OH is 3. The van der Waals surface area contributed by atoms with Crippen LogP contribution in [0.2, 0.25) is 0 Å². The summed E-state index contributed by atoms with van der Waals surface area (Å²) in [6, 6.07) is 0. The van der Waals surface area contributed by atoms with Crippen molar-refractivity contribution >= 4 is 19.8 Å². The number of carbonyl (C=O) groups excluding carboxylic acids is 2. The number of phosphoric ester groups is 1. The standard InChI is InChI=1S/C41H73O11P/c1-4-6-28-37(43)29-24-20-16-11-9-7-8-10-12-18-22-26-31-41(46)52-39(35-51-53(47,48)50-33-38(44)32-42)34-49-40(45)30-25-21-17-14-13-15-19-23-27-36(3)5-2/h7-8,11-12,16,18,24,29,36-39,42-44H,4-6,9-10,13-15,17,19-23,25-28,30-35H2,1-3H3,(H,47,48)/b8-7-,16-11-,18-12-,29-24-/t36?,37-,38+,39-/m1/s1. The molecule has 0 radical (unpaired) electrons. The zero-order chi connectivity index (χ0) is 39.4. The van der Waals surface area contributed by atoms with Crippen LogP contribution in [0, 0.1) is 5.92 Å². The van der Waals surface area contributed by atoms with E-state index in [9.17, 15) is 29.3 Å². The highest BCUT2D eigenvalue weighted by Gasteiger charge is 2.27. The first kappa shape index (κ1) is 50.9. The minimum Gasteiger partial charge on any atom is -0.462 e. The van der Waals surface area contributed by atoms with Gasteiger partial charge in [0.25, 0.3) is 0 Å². The largest absolute Gasteiger partial charge is 0.472 e. The molecule has 0 aliphatic carbocycles. The lowest BCUT2D eigenvalue weighted by molar-refractivity contribution is -0.161. The molecule has 0 fully saturated rings. The number of hydrogen-bond acceptors (Lipinski definition) is 10. The van der Waals surface area contributed by atoms with Gasteiger partial charge in [0, 0.05) is 12.8 Å². The molecule has 12 heteroatoms. The van der Waals surface area contributed by atoms with Crippen molar-refractivity contribution in [1.82, 2.24) is 0 Å². The molecular formula is C41H73O11P. The van der Waals surface area contributed by atoms with Gasteiger partial charge in [-0.1, -0.05) is 140 Å². The second-order valence-corrected chi connectivity index (χ2v) is 15.2. The number of unbranched alkanes of at least 4 members (excludes halogenated alkanes) is 9. The van der Waals surface area contributed by atoms with Crippen LogP contribution in [0.5, 0.6) is 0 Å². The molecule has 2 unspecified atom stereocenters. The van der Waals surface area contributed by atoms with E-state index in [1.54, 1.807) is 0 Å². The van der Waals surface area contributed by atoms with Crippen LogP contribution in [0.15, 0.2) is 48.6 Å². The molecule has 0 aromatic carbocycles. The molecule has 0 aromatic heterocycles. The second kappa shape index (κ2) is 35.6. The number of carbonyl (C=O) groups is 2. The maximum Gasteiger partial charge on any atom is 0.472 e. The number of esters is 2. The second-order valence-electron chi connectivity index (χ2n) is 13.7. The molecule has 0 aliphatic heterocycles. The Hall–Kier alpha value is -2.11. The van der Waals surface area contributed by atoms with E-state index < -0.39 is 51.8 Å². The van der Waals surface area contributed by atoms with Gasteiger partial charge in [-0.15, -0.1) is 0 Å². The summed E-state index contributed by atoms with van der Waals surface area (Å²) in [5, 5.41) is 28.1. The topological polar surface area (TPSA) is 169 Å². The van der Waals surface area contributed by atoms with E-state index in [2.05, 4.69) is 49.6 Å². The number of ether oxygens (including phenoxy) is 2. The van der Waals surface area contributed by atoms with Crippen molar-refractivity contribution in [3.63, 3.8) is 0 Å². The average Bonchev–Trinajstić information content (AvgIpc) is 3.14. The van der Waals surface area contributed by atoms with Gasteiger partial charge in [-0.05, 0) is 50.9 Å². The molecule has 4 N–H and O–H groups in total. The van der Waals surface area contributed by atoms with Crippen LogP contribution in [0.25, 0.3) is 0 Å². The number of phosphoric acid groups is 1. The molecule has 0 heterocycles. The molecule has 11 nitrogen and oxygen atoms in total. The van der Waals surface area contributed by atoms with Gasteiger partial charge in [0.1, 0.15) is 12.7 Å². The molecule has 0 saturated carbocycles. The van der Waals surface area contributed by atoms with Crippen molar-refractivity contribution in [2.24, 2.45) is 5.92 Å². The molecule has 0 aliphatic rings. The third kappa shape index (κ3) is 35.4. The maximum atomic E-state index is 12.6. The fourth-order valence-electron chi connectivity index (χ4n) is 5.04. The van der Waals surface area contributed by atoms with Gasteiger partial charge in [-0.25, -0.2) is 4.57 Å². The molecule has 0 amide bonds. The predicted molar refractivity (Wildman–Crippen MR) is 211 cm³/mol. The van der Waals surface area contributed by atoms with E-state index in [4.69, 9.17) is 19.1 Å². The van der Waals surface area contributed by atoms with E-state index in [1.807, 2.05) is 24.3 Å². The average molecular weight is 773 g/mol. The number of hydrogen-bond donors (Lipinski definition) is 4. The lowest BCUT2D eigenvalue weighted by Gasteiger charge is -2.20. The summed E-state index contributed by atoms with van der Waals surface area (Å²) in [5.41, 5.74) is 0. The van der Waals surface area contributed by atoms with Gasteiger partial charge in [0.2, 0.25) is 0 Å². The highest BCUT2D eigenvalue weighted by molar-refractivity contribution is 7.47. The summed E-state index contributed by atoms with van der Waals surface area (Å²) in [7, 11) is -4.64. The number of rotatable bonds is 36. The summed E-state index contributed by atoms with van der Waals surface area (Å²) in [6.45, 7) is 4.43. The van der Waals surface area contributed by atoms with Gasteiger partial charge < -0.3 is 29.7 Å². The van der Waals surface area contributed by atoms with Crippen molar-refractivity contribution in [3.05, 3.63) is 48.6 Å². The summed E-state index contributed by atoms with van der Waals surface area (Å²) in [5.74, 6) is -0.212. The summed E-state index contributed by atoms with van der Waals surface area (Å²) >= 11 is 0. The summed E-state index contributed by atoms with van der Waals surface area (Å²) in [6.07, 6.45) is 31.4. The van der Waals surface area contributed by atoms with Gasteiger partial charge in [0.05, 0.1) is 25.9 Å². The summed E-state index contributed by atoms with van der Waals surface area (Å²) in [4.78, 5) is 34.8. The molecule has 5 atom stereocenters. The van der Waals surface area contributed by atoms with Crippen LogP contribution < -0.4 is 0 Å². The Bertz CT molecular complexity index is 1060. The Morgan fingerprint density at radius 2 is 1.25 bits per heavy atom.